The minimum atomic E-state index is -0.541. The van der Waals surface area contributed by atoms with Crippen molar-refractivity contribution < 1.29 is 19.2 Å². The Balaban J connectivity index is 1.68. The summed E-state index contributed by atoms with van der Waals surface area (Å²) in [6.07, 6.45) is 3.03. The standard InChI is InChI=1S/C20H25N9O4/c1-8-11(21)6-24-14(8)18(31)27-12-7-25-15(9(12)2)19(32)29-16-10(3)26-17(28-16)20(33)23-5-4-13(22)30/h6-7,24-25H,4-5,21H2,1-3H3,(H2,22,30)(H,23,33)(H,26,28)(H,27,31)(H,29,32). The minimum Gasteiger partial charge on any atom is -0.397 e. The Hall–Kier alpha value is -4.55. The number of hydrogen-bond donors (Lipinski definition) is 8. The molecule has 13 nitrogen and oxygen atoms in total. The summed E-state index contributed by atoms with van der Waals surface area (Å²) >= 11 is 0. The van der Waals surface area contributed by atoms with Crippen molar-refractivity contribution in [1.29, 1.82) is 0 Å². The Bertz CT molecular complexity index is 1230. The van der Waals surface area contributed by atoms with Crippen molar-refractivity contribution in [3.05, 3.63) is 46.4 Å². The molecule has 3 aromatic heterocycles. The van der Waals surface area contributed by atoms with Crippen LogP contribution < -0.4 is 27.4 Å². The third-order valence-electron chi connectivity index (χ3n) is 5.01. The third kappa shape index (κ3) is 5.03. The number of rotatable bonds is 8. The maximum absolute atomic E-state index is 12.8. The van der Waals surface area contributed by atoms with Crippen LogP contribution >= 0.6 is 0 Å². The van der Waals surface area contributed by atoms with Crippen LogP contribution in [0.4, 0.5) is 17.2 Å². The zero-order valence-electron chi connectivity index (χ0n) is 18.3. The van der Waals surface area contributed by atoms with Crippen molar-refractivity contribution >= 4 is 40.8 Å². The zero-order chi connectivity index (χ0) is 24.3. The number of hydrogen-bond acceptors (Lipinski definition) is 6. The van der Waals surface area contributed by atoms with E-state index in [1.165, 1.54) is 12.4 Å². The van der Waals surface area contributed by atoms with Crippen LogP contribution in [0.25, 0.3) is 0 Å². The molecule has 0 fully saturated rings. The van der Waals surface area contributed by atoms with Gasteiger partial charge in [-0.3, -0.25) is 19.2 Å². The van der Waals surface area contributed by atoms with Gasteiger partial charge in [0.1, 0.15) is 11.4 Å². The van der Waals surface area contributed by atoms with Crippen LogP contribution in [0.2, 0.25) is 0 Å². The molecule has 0 aliphatic heterocycles. The van der Waals surface area contributed by atoms with E-state index in [1.807, 2.05) is 0 Å². The van der Waals surface area contributed by atoms with Crippen LogP contribution in [0.15, 0.2) is 12.4 Å². The van der Waals surface area contributed by atoms with Crippen LogP contribution in [0.1, 0.15) is 54.8 Å². The molecule has 0 aliphatic rings. The summed E-state index contributed by atoms with van der Waals surface area (Å²) in [5.74, 6) is -1.85. The highest BCUT2D eigenvalue weighted by Crippen LogP contribution is 2.22. The number of nitrogens with zero attached hydrogens (tertiary/aromatic N) is 1. The second-order valence-electron chi connectivity index (χ2n) is 7.39. The Morgan fingerprint density at radius 2 is 1.58 bits per heavy atom. The SMILES string of the molecule is Cc1[nH]c(C(=O)NCCC(N)=O)nc1NC(=O)c1[nH]cc(NC(=O)c2[nH]cc(N)c2C)c1C. The van der Waals surface area contributed by atoms with E-state index in [4.69, 9.17) is 11.5 Å². The summed E-state index contributed by atoms with van der Waals surface area (Å²) in [6, 6.07) is 0. The van der Waals surface area contributed by atoms with Gasteiger partial charge in [0.05, 0.1) is 17.1 Å². The highest BCUT2D eigenvalue weighted by molar-refractivity contribution is 6.08. The van der Waals surface area contributed by atoms with Crippen LogP contribution in [0, 0.1) is 20.8 Å². The summed E-state index contributed by atoms with van der Waals surface area (Å²) in [5, 5.41) is 7.86. The average molecular weight is 455 g/mol. The normalized spacial score (nSPS) is 10.6. The molecule has 0 saturated carbocycles. The van der Waals surface area contributed by atoms with E-state index < -0.39 is 23.6 Å². The highest BCUT2D eigenvalue weighted by Gasteiger charge is 2.21. The number of anilines is 3. The molecule has 0 bridgehead atoms. The predicted molar refractivity (Wildman–Crippen MR) is 121 cm³/mol. The molecular formula is C20H25N9O4. The number of imidazole rings is 1. The largest absolute Gasteiger partial charge is 0.397 e. The summed E-state index contributed by atoms with van der Waals surface area (Å²) in [7, 11) is 0. The van der Waals surface area contributed by atoms with Gasteiger partial charge in [0.2, 0.25) is 5.91 Å². The van der Waals surface area contributed by atoms with Crippen molar-refractivity contribution in [3.63, 3.8) is 0 Å². The van der Waals surface area contributed by atoms with Crippen molar-refractivity contribution in [1.82, 2.24) is 25.3 Å². The highest BCUT2D eigenvalue weighted by atomic mass is 16.2. The van der Waals surface area contributed by atoms with Gasteiger partial charge in [-0.25, -0.2) is 4.98 Å². The van der Waals surface area contributed by atoms with Gasteiger partial charge in [-0.1, -0.05) is 0 Å². The molecule has 3 heterocycles. The maximum atomic E-state index is 12.8. The third-order valence-corrected chi connectivity index (χ3v) is 5.01. The van der Waals surface area contributed by atoms with Crippen molar-refractivity contribution in [2.75, 3.05) is 22.9 Å². The first kappa shape index (κ1) is 23.1. The van der Waals surface area contributed by atoms with Crippen molar-refractivity contribution in [3.8, 4) is 0 Å². The van der Waals surface area contributed by atoms with E-state index in [1.54, 1.807) is 20.8 Å². The second kappa shape index (κ2) is 9.30. The number of H-pyrrole nitrogens is 3. The van der Waals surface area contributed by atoms with E-state index in [-0.39, 0.29) is 30.3 Å². The molecule has 0 unspecified atom stereocenters. The lowest BCUT2D eigenvalue weighted by atomic mass is 10.2. The summed E-state index contributed by atoms with van der Waals surface area (Å²) in [6.45, 7) is 5.11. The Labute approximate surface area is 188 Å². The Morgan fingerprint density at radius 3 is 2.21 bits per heavy atom. The molecule has 0 atom stereocenters. The molecule has 0 saturated heterocycles. The number of carbonyl (C=O) groups excluding carboxylic acids is 4. The number of nitrogens with two attached hydrogens (primary N) is 2. The van der Waals surface area contributed by atoms with Gasteiger partial charge in [-0.05, 0) is 20.8 Å². The predicted octanol–water partition coefficient (Wildman–Crippen LogP) is 0.683. The summed E-state index contributed by atoms with van der Waals surface area (Å²) in [4.78, 5) is 60.7. The first-order valence-corrected chi connectivity index (χ1v) is 9.95. The molecule has 4 amide bonds. The number of primary amides is 1. The monoisotopic (exact) mass is 455 g/mol. The van der Waals surface area contributed by atoms with E-state index in [9.17, 15) is 19.2 Å². The van der Waals surface area contributed by atoms with Gasteiger partial charge < -0.3 is 42.4 Å². The molecule has 3 aromatic rings. The van der Waals surface area contributed by atoms with E-state index in [0.29, 0.717) is 33.9 Å². The van der Waals surface area contributed by atoms with Crippen molar-refractivity contribution in [2.24, 2.45) is 5.73 Å². The number of carbonyl (C=O) groups is 4. The number of aryl methyl sites for hydroxylation is 1. The fourth-order valence-corrected chi connectivity index (χ4v) is 3.04. The van der Waals surface area contributed by atoms with Crippen LogP contribution in [-0.2, 0) is 4.79 Å². The lowest BCUT2D eigenvalue weighted by Crippen LogP contribution is -2.28. The number of aromatic amines is 3. The maximum Gasteiger partial charge on any atom is 0.287 e. The average Bonchev–Trinajstić information content (AvgIpc) is 3.40. The fraction of sp³-hybridized carbons (Fsp3) is 0.250. The van der Waals surface area contributed by atoms with Gasteiger partial charge in [0.15, 0.2) is 11.6 Å². The minimum absolute atomic E-state index is 0.00317. The molecular weight excluding hydrogens is 430 g/mol. The molecule has 13 heteroatoms. The number of nitrogen functional groups attached to an aromatic ring is 1. The number of nitrogens with one attached hydrogen (secondary N) is 6. The van der Waals surface area contributed by atoms with E-state index in [0.717, 1.165) is 0 Å². The molecule has 0 radical (unpaired) electrons. The van der Waals surface area contributed by atoms with Crippen LogP contribution in [-0.4, -0.2) is 50.1 Å². The van der Waals surface area contributed by atoms with Gasteiger partial charge >= 0.3 is 0 Å². The summed E-state index contributed by atoms with van der Waals surface area (Å²) in [5.41, 5.74) is 13.8. The number of amides is 4. The topological polar surface area (TPSA) is 217 Å². The molecule has 0 spiro atoms. The quantitative estimate of drug-likeness (QED) is 0.244. The van der Waals surface area contributed by atoms with Gasteiger partial charge in [0, 0.05) is 36.5 Å². The Morgan fingerprint density at radius 1 is 0.939 bits per heavy atom. The molecule has 0 aromatic carbocycles. The second-order valence-corrected chi connectivity index (χ2v) is 7.39. The zero-order valence-corrected chi connectivity index (χ0v) is 18.3. The number of aromatic nitrogens is 4. The molecule has 0 aliphatic carbocycles. The first-order valence-electron chi connectivity index (χ1n) is 9.95. The van der Waals surface area contributed by atoms with Crippen molar-refractivity contribution in [2.45, 2.75) is 27.2 Å². The molecule has 174 valence electrons. The molecule has 3 rings (SSSR count). The fourth-order valence-electron chi connectivity index (χ4n) is 3.04. The van der Waals surface area contributed by atoms with E-state index in [2.05, 4.69) is 35.9 Å². The summed E-state index contributed by atoms with van der Waals surface area (Å²) < 4.78 is 0. The van der Waals surface area contributed by atoms with Crippen LogP contribution in [0.5, 0.6) is 0 Å². The smallest absolute Gasteiger partial charge is 0.287 e. The molecule has 33 heavy (non-hydrogen) atoms. The van der Waals surface area contributed by atoms with Gasteiger partial charge in [-0.2, -0.15) is 0 Å². The lowest BCUT2D eigenvalue weighted by Gasteiger charge is -2.06. The molecule has 10 N–H and O–H groups in total. The first-order chi connectivity index (χ1) is 15.6. The van der Waals surface area contributed by atoms with Gasteiger partial charge in [0.25, 0.3) is 17.7 Å². The lowest BCUT2D eigenvalue weighted by molar-refractivity contribution is -0.117. The van der Waals surface area contributed by atoms with Gasteiger partial charge in [-0.15, -0.1) is 0 Å². The van der Waals surface area contributed by atoms with E-state index >= 15 is 0 Å². The Kier molecular flexibility index (Phi) is 6.51. The van der Waals surface area contributed by atoms with Crippen LogP contribution in [0.3, 0.4) is 0 Å².